The molecule has 0 aromatic heterocycles. The Kier molecular flexibility index (Phi) is 3.48. The van der Waals surface area contributed by atoms with E-state index in [1.165, 1.54) is 12.8 Å². The zero-order valence-corrected chi connectivity index (χ0v) is 10.5. The van der Waals surface area contributed by atoms with E-state index in [4.69, 9.17) is 5.73 Å². The number of rotatable bonds is 3. The first-order valence-electron chi connectivity index (χ1n) is 5.91. The van der Waals surface area contributed by atoms with Gasteiger partial charge in [-0.1, -0.05) is 0 Å². The van der Waals surface area contributed by atoms with Crippen LogP contribution >= 0.6 is 0 Å². The summed E-state index contributed by atoms with van der Waals surface area (Å²) in [5.41, 5.74) is 6.03. The first kappa shape index (κ1) is 11.6. The molecule has 2 heterocycles. The minimum absolute atomic E-state index is 0.401. The molecular weight excluding hydrogens is 208 g/mol. The highest BCUT2D eigenvalue weighted by molar-refractivity contribution is 7.84. The van der Waals surface area contributed by atoms with E-state index in [0.29, 0.717) is 24.2 Å². The minimum atomic E-state index is -0.681. The van der Waals surface area contributed by atoms with E-state index in [9.17, 15) is 4.21 Å². The number of nitrogens with zero attached hydrogens (tertiary/aromatic N) is 1. The van der Waals surface area contributed by atoms with Crippen LogP contribution in [0.25, 0.3) is 0 Å². The molecule has 2 fully saturated rings. The minimum Gasteiger partial charge on any atom is -0.328 e. The van der Waals surface area contributed by atoms with Gasteiger partial charge in [-0.2, -0.15) is 0 Å². The molecule has 2 saturated heterocycles. The van der Waals surface area contributed by atoms with Crippen molar-refractivity contribution in [3.8, 4) is 0 Å². The Morgan fingerprint density at radius 2 is 1.93 bits per heavy atom. The molecule has 2 bridgehead atoms. The summed E-state index contributed by atoms with van der Waals surface area (Å²) in [5.74, 6) is 0.808. The number of piperidine rings is 1. The molecule has 0 spiro atoms. The highest BCUT2D eigenvalue weighted by Crippen LogP contribution is 2.36. The van der Waals surface area contributed by atoms with Gasteiger partial charge in [0.05, 0.1) is 0 Å². The summed E-state index contributed by atoms with van der Waals surface area (Å²) >= 11 is 0. The molecule has 2 aliphatic heterocycles. The average molecular weight is 230 g/mol. The molecule has 2 N–H and O–H groups in total. The molecule has 2 aliphatic rings. The molecule has 0 aromatic rings. The molecule has 2 rings (SSSR count). The monoisotopic (exact) mass is 230 g/mol. The van der Waals surface area contributed by atoms with Crippen LogP contribution in [-0.2, 0) is 10.8 Å². The van der Waals surface area contributed by atoms with E-state index in [1.807, 2.05) is 0 Å². The Morgan fingerprint density at radius 1 is 1.40 bits per heavy atom. The van der Waals surface area contributed by atoms with Gasteiger partial charge in [0.15, 0.2) is 0 Å². The van der Waals surface area contributed by atoms with Gasteiger partial charge in [0.2, 0.25) is 0 Å². The SMILES string of the molecule is CC(CS(C)=O)N1C2CCC1CC(N)C2. The van der Waals surface area contributed by atoms with E-state index >= 15 is 0 Å². The Morgan fingerprint density at radius 3 is 2.40 bits per heavy atom. The van der Waals surface area contributed by atoms with E-state index in [0.717, 1.165) is 18.6 Å². The van der Waals surface area contributed by atoms with Crippen LogP contribution in [0.15, 0.2) is 0 Å². The van der Waals surface area contributed by atoms with Gasteiger partial charge in [0, 0.05) is 47.0 Å². The number of hydrogen-bond donors (Lipinski definition) is 1. The maximum Gasteiger partial charge on any atom is 0.0385 e. The Hall–Kier alpha value is 0.0700. The third-order valence-electron chi connectivity index (χ3n) is 3.81. The zero-order chi connectivity index (χ0) is 11.0. The normalized spacial score (nSPS) is 40.3. The smallest absolute Gasteiger partial charge is 0.0385 e. The van der Waals surface area contributed by atoms with Crippen molar-refractivity contribution in [2.75, 3.05) is 12.0 Å². The van der Waals surface area contributed by atoms with Crippen LogP contribution in [-0.4, -0.2) is 45.3 Å². The molecule has 0 aliphatic carbocycles. The van der Waals surface area contributed by atoms with E-state index in [1.54, 1.807) is 6.26 Å². The molecule has 88 valence electrons. The van der Waals surface area contributed by atoms with Gasteiger partial charge in [0.1, 0.15) is 0 Å². The van der Waals surface area contributed by atoms with Crippen molar-refractivity contribution in [2.24, 2.45) is 5.73 Å². The highest BCUT2D eigenvalue weighted by Gasteiger charge is 2.41. The number of fused-ring (bicyclic) bond motifs is 2. The summed E-state index contributed by atoms with van der Waals surface area (Å²) in [7, 11) is -0.681. The molecule has 3 nitrogen and oxygen atoms in total. The van der Waals surface area contributed by atoms with Crippen molar-refractivity contribution in [1.82, 2.24) is 4.90 Å². The van der Waals surface area contributed by atoms with Crippen molar-refractivity contribution in [2.45, 2.75) is 56.8 Å². The maximum absolute atomic E-state index is 11.3. The van der Waals surface area contributed by atoms with Crippen molar-refractivity contribution < 1.29 is 4.21 Å². The summed E-state index contributed by atoms with van der Waals surface area (Å²) in [5, 5.41) is 0. The molecule has 0 saturated carbocycles. The fourth-order valence-corrected chi connectivity index (χ4v) is 4.25. The fourth-order valence-electron chi connectivity index (χ4n) is 3.40. The third-order valence-corrected chi connectivity index (χ3v) is 4.76. The van der Waals surface area contributed by atoms with E-state index in [-0.39, 0.29) is 0 Å². The van der Waals surface area contributed by atoms with Crippen LogP contribution in [0.5, 0.6) is 0 Å². The second kappa shape index (κ2) is 4.52. The Balaban J connectivity index is 2.01. The lowest BCUT2D eigenvalue weighted by Gasteiger charge is -2.41. The highest BCUT2D eigenvalue weighted by atomic mass is 32.2. The van der Waals surface area contributed by atoms with Gasteiger partial charge in [-0.05, 0) is 32.6 Å². The van der Waals surface area contributed by atoms with Gasteiger partial charge >= 0.3 is 0 Å². The summed E-state index contributed by atoms with van der Waals surface area (Å²) in [6.07, 6.45) is 6.65. The lowest BCUT2D eigenvalue weighted by Crippen LogP contribution is -2.52. The second-order valence-corrected chi connectivity index (χ2v) is 6.63. The molecule has 4 atom stereocenters. The number of nitrogens with two attached hydrogens (primary N) is 1. The van der Waals surface area contributed by atoms with Crippen molar-refractivity contribution in [1.29, 1.82) is 0 Å². The summed E-state index contributed by atoms with van der Waals surface area (Å²) in [4.78, 5) is 2.59. The summed E-state index contributed by atoms with van der Waals surface area (Å²) in [6.45, 7) is 2.21. The van der Waals surface area contributed by atoms with Crippen LogP contribution < -0.4 is 5.73 Å². The number of hydrogen-bond acceptors (Lipinski definition) is 3. The lowest BCUT2D eigenvalue weighted by molar-refractivity contribution is 0.0955. The van der Waals surface area contributed by atoms with Crippen LogP contribution in [0.4, 0.5) is 0 Å². The van der Waals surface area contributed by atoms with Crippen LogP contribution in [0.1, 0.15) is 32.6 Å². The summed E-state index contributed by atoms with van der Waals surface area (Å²) in [6, 6.07) is 2.19. The second-order valence-electron chi connectivity index (χ2n) is 5.15. The predicted octanol–water partition coefficient (Wildman–Crippen LogP) is 0.707. The lowest BCUT2D eigenvalue weighted by atomic mass is 9.97. The molecule has 4 heteroatoms. The van der Waals surface area contributed by atoms with Gasteiger partial charge in [-0.15, -0.1) is 0 Å². The van der Waals surface area contributed by atoms with Crippen LogP contribution in [0, 0.1) is 0 Å². The quantitative estimate of drug-likeness (QED) is 0.776. The fraction of sp³-hybridized carbons (Fsp3) is 1.00. The standard InChI is InChI=1S/C11H22N2OS/c1-8(7-15(2)14)13-10-3-4-11(13)6-9(12)5-10/h8-11H,3-7,12H2,1-2H3. The molecular formula is C11H22N2OS. The van der Waals surface area contributed by atoms with Gasteiger partial charge in [-0.3, -0.25) is 9.11 Å². The predicted molar refractivity (Wildman–Crippen MR) is 64.3 cm³/mol. The molecule has 0 amide bonds. The zero-order valence-electron chi connectivity index (χ0n) is 9.69. The van der Waals surface area contributed by atoms with E-state index in [2.05, 4.69) is 11.8 Å². The van der Waals surface area contributed by atoms with Crippen molar-refractivity contribution in [3.63, 3.8) is 0 Å². The van der Waals surface area contributed by atoms with Crippen LogP contribution in [0.3, 0.4) is 0 Å². The third kappa shape index (κ3) is 2.43. The molecule has 0 radical (unpaired) electrons. The molecule has 15 heavy (non-hydrogen) atoms. The first-order valence-corrected chi connectivity index (χ1v) is 7.63. The largest absolute Gasteiger partial charge is 0.328 e. The molecule has 0 aromatic carbocycles. The van der Waals surface area contributed by atoms with Gasteiger partial charge in [0.25, 0.3) is 0 Å². The van der Waals surface area contributed by atoms with Gasteiger partial charge in [-0.25, -0.2) is 0 Å². The first-order chi connectivity index (χ1) is 7.08. The topological polar surface area (TPSA) is 46.3 Å². The molecule has 4 unspecified atom stereocenters. The summed E-state index contributed by atoms with van der Waals surface area (Å²) < 4.78 is 11.3. The van der Waals surface area contributed by atoms with Gasteiger partial charge < -0.3 is 5.73 Å². The van der Waals surface area contributed by atoms with Crippen molar-refractivity contribution in [3.05, 3.63) is 0 Å². The van der Waals surface area contributed by atoms with E-state index < -0.39 is 10.8 Å². The Labute approximate surface area is 94.9 Å². The Bertz CT molecular complexity index is 245. The average Bonchev–Trinajstić information content (AvgIpc) is 2.38. The maximum atomic E-state index is 11.3. The van der Waals surface area contributed by atoms with Crippen LogP contribution in [0.2, 0.25) is 0 Å². The van der Waals surface area contributed by atoms with Crippen molar-refractivity contribution >= 4 is 10.8 Å².